The Morgan fingerprint density at radius 2 is 1.64 bits per heavy atom. The molecular formula is C12H13NO7S2. The third kappa shape index (κ3) is 3.65. The summed E-state index contributed by atoms with van der Waals surface area (Å²) in [6.07, 6.45) is 0. The highest BCUT2D eigenvalue weighted by molar-refractivity contribution is 8.04. The van der Waals surface area contributed by atoms with Gasteiger partial charge >= 0.3 is 0 Å². The van der Waals surface area contributed by atoms with Gasteiger partial charge in [0.2, 0.25) is 4.58 Å². The van der Waals surface area contributed by atoms with Gasteiger partial charge < -0.3 is 10.4 Å². The lowest BCUT2D eigenvalue weighted by Crippen LogP contribution is -2.36. The monoisotopic (exact) mass is 347 g/mol. The van der Waals surface area contributed by atoms with Gasteiger partial charge in [-0.15, -0.1) is 0 Å². The zero-order chi connectivity index (χ0) is 16.5. The molecular weight excluding hydrogens is 334 g/mol. The number of anilines is 1. The maximum atomic E-state index is 11.0. The van der Waals surface area contributed by atoms with Crippen LogP contribution < -0.4 is 5.32 Å². The molecule has 0 aromatic heterocycles. The molecule has 0 fully saturated rings. The number of benzene rings is 2. The van der Waals surface area contributed by atoms with Crippen molar-refractivity contribution in [2.75, 3.05) is 11.9 Å². The minimum Gasteiger partial charge on any atom is -0.507 e. The molecule has 0 saturated carbocycles. The Bertz CT molecular complexity index is 874. The van der Waals surface area contributed by atoms with Crippen molar-refractivity contribution in [2.45, 2.75) is 4.58 Å². The molecule has 120 valence electrons. The van der Waals surface area contributed by atoms with Crippen LogP contribution in [0.2, 0.25) is 0 Å². The minimum absolute atomic E-state index is 0.00209. The van der Waals surface area contributed by atoms with Crippen molar-refractivity contribution in [2.24, 2.45) is 0 Å². The summed E-state index contributed by atoms with van der Waals surface area (Å²) < 4.78 is 59.3. The smallest absolute Gasteiger partial charge is 0.286 e. The predicted molar refractivity (Wildman–Crippen MR) is 81.0 cm³/mol. The fourth-order valence-electron chi connectivity index (χ4n) is 1.93. The summed E-state index contributed by atoms with van der Waals surface area (Å²) >= 11 is 0. The lowest BCUT2D eigenvalue weighted by molar-refractivity contribution is 0.456. The number of phenols is 1. The Kier molecular flexibility index (Phi) is 4.29. The highest BCUT2D eigenvalue weighted by atomic mass is 32.3. The van der Waals surface area contributed by atoms with Crippen molar-refractivity contribution in [3.05, 3.63) is 36.4 Å². The number of fused-ring (bicyclic) bond motifs is 1. The molecule has 22 heavy (non-hydrogen) atoms. The third-order valence-corrected chi connectivity index (χ3v) is 6.12. The second kappa shape index (κ2) is 5.72. The van der Waals surface area contributed by atoms with Gasteiger partial charge in [0.15, 0.2) is 0 Å². The van der Waals surface area contributed by atoms with E-state index in [1.807, 2.05) is 0 Å². The molecule has 10 heteroatoms. The van der Waals surface area contributed by atoms with Crippen LogP contribution in [0, 0.1) is 0 Å². The Balaban J connectivity index is 2.29. The molecule has 2 aromatic rings. The zero-order valence-corrected chi connectivity index (χ0v) is 12.7. The van der Waals surface area contributed by atoms with Gasteiger partial charge in [-0.3, -0.25) is 9.11 Å². The van der Waals surface area contributed by atoms with Gasteiger partial charge in [0.05, 0.1) is 6.54 Å². The van der Waals surface area contributed by atoms with Gasteiger partial charge in [-0.05, 0) is 23.6 Å². The summed E-state index contributed by atoms with van der Waals surface area (Å²) in [6, 6.07) is 9.51. The lowest BCUT2D eigenvalue weighted by Gasteiger charge is -2.13. The van der Waals surface area contributed by atoms with Gasteiger partial charge in [-0.25, -0.2) is 0 Å². The van der Waals surface area contributed by atoms with Crippen molar-refractivity contribution < 1.29 is 31.0 Å². The van der Waals surface area contributed by atoms with Crippen LogP contribution in [0.1, 0.15) is 0 Å². The van der Waals surface area contributed by atoms with Crippen LogP contribution in [0.3, 0.4) is 0 Å². The van der Waals surface area contributed by atoms with Crippen LogP contribution in [0.5, 0.6) is 5.75 Å². The average molecular weight is 347 g/mol. The molecule has 2 rings (SSSR count). The molecule has 0 amide bonds. The van der Waals surface area contributed by atoms with E-state index in [9.17, 15) is 21.9 Å². The number of hydrogen-bond donors (Lipinski definition) is 4. The van der Waals surface area contributed by atoms with Crippen molar-refractivity contribution >= 4 is 36.7 Å². The van der Waals surface area contributed by atoms with Gasteiger partial charge in [0.25, 0.3) is 20.2 Å². The SMILES string of the molecule is O=S(=O)(O)C(CNc1ccc2cccc(O)c2c1)S(=O)(=O)O. The third-order valence-electron chi connectivity index (χ3n) is 3.00. The summed E-state index contributed by atoms with van der Waals surface area (Å²) in [7, 11) is -9.99. The highest BCUT2D eigenvalue weighted by Gasteiger charge is 2.35. The summed E-state index contributed by atoms with van der Waals surface area (Å²) in [5.41, 5.74) is 0.311. The summed E-state index contributed by atoms with van der Waals surface area (Å²) in [5.74, 6) is 0.00209. The molecule has 0 radical (unpaired) electrons. The van der Waals surface area contributed by atoms with E-state index in [1.165, 1.54) is 18.2 Å². The summed E-state index contributed by atoms with van der Waals surface area (Å²) in [5, 5.41) is 13.4. The van der Waals surface area contributed by atoms with Crippen molar-refractivity contribution in [1.82, 2.24) is 0 Å². The first-order valence-corrected chi connectivity index (χ1v) is 8.98. The number of aromatic hydroxyl groups is 1. The first-order chi connectivity index (χ1) is 10.1. The number of nitrogens with one attached hydrogen (secondary N) is 1. The molecule has 0 aliphatic heterocycles. The van der Waals surface area contributed by atoms with Crippen molar-refractivity contribution in [1.29, 1.82) is 0 Å². The zero-order valence-electron chi connectivity index (χ0n) is 11.0. The Morgan fingerprint density at radius 3 is 2.23 bits per heavy atom. The second-order valence-corrected chi connectivity index (χ2v) is 8.05. The lowest BCUT2D eigenvalue weighted by atomic mass is 10.1. The van der Waals surface area contributed by atoms with Gasteiger partial charge in [0, 0.05) is 11.1 Å². The largest absolute Gasteiger partial charge is 0.507 e. The molecule has 0 aliphatic carbocycles. The van der Waals surface area contributed by atoms with E-state index in [0.717, 1.165) is 5.39 Å². The van der Waals surface area contributed by atoms with E-state index in [2.05, 4.69) is 5.32 Å². The molecule has 0 bridgehead atoms. The van der Waals surface area contributed by atoms with E-state index in [-0.39, 0.29) is 5.75 Å². The van der Waals surface area contributed by atoms with Gasteiger partial charge in [-0.1, -0.05) is 18.2 Å². The number of hydrogen-bond acceptors (Lipinski definition) is 6. The predicted octanol–water partition coefficient (Wildman–Crippen LogP) is 1.06. The standard InChI is InChI=1S/C12H13NO7S2/c14-11-3-1-2-8-4-5-9(6-10(8)11)13-7-12(21(15,16)17)22(18,19)20/h1-6,12-14H,7H2,(H,15,16,17)(H,18,19,20). The first-order valence-electron chi connectivity index (χ1n) is 5.97. The van der Waals surface area contributed by atoms with E-state index < -0.39 is 31.4 Å². The summed E-state index contributed by atoms with van der Waals surface area (Å²) in [4.78, 5) is 0. The normalized spacial score (nSPS) is 12.7. The molecule has 8 nitrogen and oxygen atoms in total. The maximum absolute atomic E-state index is 11.0. The minimum atomic E-state index is -4.99. The second-order valence-electron chi connectivity index (χ2n) is 4.55. The molecule has 0 saturated heterocycles. The molecule has 0 atom stereocenters. The first kappa shape index (κ1) is 16.5. The van der Waals surface area contributed by atoms with E-state index >= 15 is 0 Å². The summed E-state index contributed by atoms with van der Waals surface area (Å²) in [6.45, 7) is -0.753. The van der Waals surface area contributed by atoms with Crippen LogP contribution in [0.25, 0.3) is 10.8 Å². The van der Waals surface area contributed by atoms with Crippen LogP contribution >= 0.6 is 0 Å². The van der Waals surface area contributed by atoms with Crippen LogP contribution in [0.15, 0.2) is 36.4 Å². The Morgan fingerprint density at radius 1 is 1.00 bits per heavy atom. The Labute approximate surface area is 126 Å². The molecule has 2 aromatic carbocycles. The fourth-order valence-corrected chi connectivity index (χ4v) is 3.75. The maximum Gasteiger partial charge on any atom is 0.286 e. The highest BCUT2D eigenvalue weighted by Crippen LogP contribution is 2.27. The molecule has 0 heterocycles. The fraction of sp³-hybridized carbons (Fsp3) is 0.167. The van der Waals surface area contributed by atoms with E-state index in [4.69, 9.17) is 9.11 Å². The number of rotatable bonds is 5. The topological polar surface area (TPSA) is 141 Å². The van der Waals surface area contributed by atoms with Gasteiger partial charge in [0.1, 0.15) is 5.75 Å². The van der Waals surface area contributed by atoms with E-state index in [1.54, 1.807) is 18.2 Å². The average Bonchev–Trinajstić information content (AvgIpc) is 2.36. The van der Waals surface area contributed by atoms with Gasteiger partial charge in [-0.2, -0.15) is 16.8 Å². The Hall–Kier alpha value is -1.88. The van der Waals surface area contributed by atoms with Crippen molar-refractivity contribution in [3.8, 4) is 5.75 Å². The van der Waals surface area contributed by atoms with Crippen molar-refractivity contribution in [3.63, 3.8) is 0 Å². The van der Waals surface area contributed by atoms with Crippen LogP contribution in [0.4, 0.5) is 5.69 Å². The number of phenolic OH excluding ortho intramolecular Hbond substituents is 1. The molecule has 0 aliphatic rings. The molecule has 4 N–H and O–H groups in total. The van der Waals surface area contributed by atoms with Crippen LogP contribution in [-0.4, -0.2) is 42.2 Å². The quantitative estimate of drug-likeness (QED) is 0.588. The van der Waals surface area contributed by atoms with E-state index in [0.29, 0.717) is 11.1 Å². The molecule has 0 spiro atoms. The molecule has 0 unspecified atom stereocenters. The van der Waals surface area contributed by atoms with Crippen LogP contribution in [-0.2, 0) is 20.2 Å².